The molecular weight excluding hydrogens is 384 g/mol. The van der Waals surface area contributed by atoms with Crippen molar-refractivity contribution in [2.45, 2.75) is 118 Å². The van der Waals surface area contributed by atoms with E-state index in [0.717, 1.165) is 38.7 Å². The number of hydrogen-bond donors (Lipinski definition) is 0. The molecule has 3 heteroatoms. The van der Waals surface area contributed by atoms with E-state index in [1.165, 1.54) is 38.5 Å². The second kappa shape index (κ2) is 17.8. The number of Topliss-reactive ketones (excluding diaryl/α,β-unsaturated/α-hetero) is 1. The van der Waals surface area contributed by atoms with Gasteiger partial charge in [0.2, 0.25) is 0 Å². The molecule has 0 spiro atoms. The highest BCUT2D eigenvalue weighted by molar-refractivity contribution is 5.84. The minimum absolute atomic E-state index is 0.246. The molecule has 0 N–H and O–H groups in total. The molecule has 2 rings (SSSR count). The van der Waals surface area contributed by atoms with Crippen LogP contribution in [-0.2, 0) is 14.3 Å². The van der Waals surface area contributed by atoms with E-state index in [2.05, 4.69) is 26.0 Å². The number of methoxy groups -OCH3 is 2. The van der Waals surface area contributed by atoms with Gasteiger partial charge < -0.3 is 9.47 Å². The van der Waals surface area contributed by atoms with Crippen LogP contribution in [0.4, 0.5) is 0 Å². The topological polar surface area (TPSA) is 35.5 Å². The molecule has 0 radical (unpaired) electrons. The summed E-state index contributed by atoms with van der Waals surface area (Å²) in [4.78, 5) is 12.5. The van der Waals surface area contributed by atoms with Gasteiger partial charge in [-0.3, -0.25) is 4.79 Å². The van der Waals surface area contributed by atoms with Gasteiger partial charge in [-0.15, -0.1) is 0 Å². The van der Waals surface area contributed by atoms with Crippen LogP contribution in [0.2, 0.25) is 0 Å². The number of allylic oxidation sites excluding steroid dienone is 2. The first kappa shape index (κ1) is 30.3. The van der Waals surface area contributed by atoms with E-state index in [-0.39, 0.29) is 5.92 Å². The monoisotopic (exact) mass is 438 g/mol. The molecule has 1 unspecified atom stereocenters. The number of ketones is 1. The molecular formula is C28H54O3. The van der Waals surface area contributed by atoms with Gasteiger partial charge in [0.05, 0.1) is 6.10 Å². The van der Waals surface area contributed by atoms with Crippen LogP contribution in [0.5, 0.6) is 0 Å². The zero-order chi connectivity index (χ0) is 23.7. The van der Waals surface area contributed by atoms with Crippen molar-refractivity contribution in [2.24, 2.45) is 23.2 Å². The van der Waals surface area contributed by atoms with Crippen molar-refractivity contribution in [2.75, 3.05) is 20.8 Å². The van der Waals surface area contributed by atoms with Crippen molar-refractivity contribution in [1.29, 1.82) is 0 Å². The molecule has 4 atom stereocenters. The summed E-state index contributed by atoms with van der Waals surface area (Å²) in [5.41, 5.74) is 0.400. The lowest BCUT2D eigenvalue weighted by molar-refractivity contribution is -0.121. The molecule has 0 bridgehead atoms. The van der Waals surface area contributed by atoms with Crippen molar-refractivity contribution in [3.63, 3.8) is 0 Å². The van der Waals surface area contributed by atoms with Crippen LogP contribution in [0.3, 0.4) is 0 Å². The fraction of sp³-hybridized carbons (Fsp3) is 0.893. The third kappa shape index (κ3) is 10.2. The second-order valence-corrected chi connectivity index (χ2v) is 9.28. The van der Waals surface area contributed by atoms with E-state index in [9.17, 15) is 4.79 Å². The maximum atomic E-state index is 12.5. The molecule has 2 saturated carbocycles. The van der Waals surface area contributed by atoms with Gasteiger partial charge in [0, 0.05) is 33.2 Å². The van der Waals surface area contributed by atoms with Gasteiger partial charge in [0.1, 0.15) is 5.78 Å². The Morgan fingerprint density at radius 3 is 2.29 bits per heavy atom. The quantitative estimate of drug-likeness (QED) is 0.216. The molecule has 0 aromatic rings. The lowest BCUT2D eigenvalue weighted by atomic mass is 9.65. The van der Waals surface area contributed by atoms with Crippen molar-refractivity contribution in [1.82, 2.24) is 0 Å². The predicted molar refractivity (Wildman–Crippen MR) is 135 cm³/mol. The molecule has 0 aromatic carbocycles. The van der Waals surface area contributed by atoms with Crippen LogP contribution in [0, 0.1) is 23.2 Å². The summed E-state index contributed by atoms with van der Waals surface area (Å²) < 4.78 is 10.9. The van der Waals surface area contributed by atoms with E-state index in [1.54, 1.807) is 7.11 Å². The first-order valence-corrected chi connectivity index (χ1v) is 13.2. The molecule has 0 amide bonds. The number of carbonyl (C=O) groups is 1. The fourth-order valence-corrected chi connectivity index (χ4v) is 5.26. The van der Waals surface area contributed by atoms with Crippen LogP contribution in [-0.4, -0.2) is 32.7 Å². The maximum absolute atomic E-state index is 12.5. The van der Waals surface area contributed by atoms with E-state index in [4.69, 9.17) is 9.47 Å². The van der Waals surface area contributed by atoms with Gasteiger partial charge in [-0.1, -0.05) is 66.5 Å². The predicted octanol–water partition coefficient (Wildman–Crippen LogP) is 8.02. The Labute approximate surface area is 194 Å². The number of unbranched alkanes of at least 4 members (excludes halogenated alkanes) is 2. The molecule has 31 heavy (non-hydrogen) atoms. The van der Waals surface area contributed by atoms with E-state index in [1.807, 2.05) is 34.8 Å². The van der Waals surface area contributed by atoms with Crippen LogP contribution in [0.15, 0.2) is 12.2 Å². The van der Waals surface area contributed by atoms with Crippen LogP contribution in [0.25, 0.3) is 0 Å². The Morgan fingerprint density at radius 2 is 1.74 bits per heavy atom. The summed E-state index contributed by atoms with van der Waals surface area (Å²) in [5, 5.41) is 0. The number of rotatable bonds is 13. The Bertz CT molecular complexity index is 467. The molecule has 2 aliphatic carbocycles. The number of carbonyl (C=O) groups excluding carboxylic acids is 1. The van der Waals surface area contributed by atoms with Gasteiger partial charge >= 0.3 is 0 Å². The first-order valence-electron chi connectivity index (χ1n) is 13.2. The van der Waals surface area contributed by atoms with E-state index in [0.29, 0.717) is 29.1 Å². The standard InChI is InChI=1S/C24H42O3.2C2H6/c1-19-18-22(25)21(12-8-6-5-7-9-17-26-3)20(19)13-10-14-23(27-4)24(2)15-11-16-24;2*1-2/h6,8,19-21,23H,5,7,9-18H2,1-4H3;2*1-2H3/b8-6-;;/t19-,20+,21-,23?;;/m1../s1. The van der Waals surface area contributed by atoms with Gasteiger partial charge in [-0.2, -0.15) is 0 Å². The average Bonchev–Trinajstić information content (AvgIpc) is 3.04. The van der Waals surface area contributed by atoms with Gasteiger partial charge in [-0.25, -0.2) is 0 Å². The van der Waals surface area contributed by atoms with Crippen LogP contribution >= 0.6 is 0 Å². The first-order chi connectivity index (χ1) is 15.0. The zero-order valence-electron chi connectivity index (χ0n) is 22.2. The minimum atomic E-state index is 0.246. The van der Waals surface area contributed by atoms with Gasteiger partial charge in [0.15, 0.2) is 0 Å². The highest BCUT2D eigenvalue weighted by Gasteiger charge is 2.41. The molecule has 0 aromatic heterocycles. The summed E-state index contributed by atoms with van der Waals surface area (Å²) in [5.74, 6) is 1.83. The Balaban J connectivity index is 0.00000212. The molecule has 3 nitrogen and oxygen atoms in total. The summed E-state index contributed by atoms with van der Waals surface area (Å²) >= 11 is 0. The molecule has 184 valence electrons. The van der Waals surface area contributed by atoms with Crippen molar-refractivity contribution >= 4 is 5.78 Å². The van der Waals surface area contributed by atoms with E-state index < -0.39 is 0 Å². The van der Waals surface area contributed by atoms with Crippen LogP contribution < -0.4 is 0 Å². The average molecular weight is 439 g/mol. The lowest BCUT2D eigenvalue weighted by Gasteiger charge is -2.44. The minimum Gasteiger partial charge on any atom is -0.385 e. The zero-order valence-corrected chi connectivity index (χ0v) is 22.2. The third-order valence-corrected chi connectivity index (χ3v) is 7.27. The Morgan fingerprint density at radius 1 is 1.06 bits per heavy atom. The smallest absolute Gasteiger partial charge is 0.136 e. The largest absolute Gasteiger partial charge is 0.385 e. The summed E-state index contributed by atoms with van der Waals surface area (Å²) in [7, 11) is 3.63. The maximum Gasteiger partial charge on any atom is 0.136 e. The SMILES string of the molecule is CC.CC.COCCCC/C=C\C[C@H]1C(=O)C[C@@H](C)[C@@H]1CCCC(OC)C1(C)CCC1. The van der Waals surface area contributed by atoms with Crippen LogP contribution in [0.1, 0.15) is 112 Å². The number of hydrogen-bond acceptors (Lipinski definition) is 3. The van der Waals surface area contributed by atoms with Crippen molar-refractivity contribution in [3.05, 3.63) is 12.2 Å². The molecule has 0 heterocycles. The molecule has 2 aliphatic rings. The summed E-state index contributed by atoms with van der Waals surface area (Å²) in [6, 6.07) is 0. The molecule has 0 saturated heterocycles. The van der Waals surface area contributed by atoms with E-state index >= 15 is 0 Å². The Kier molecular flexibility index (Phi) is 17.4. The summed E-state index contributed by atoms with van der Waals surface area (Å²) in [6.45, 7) is 13.5. The normalized spacial score (nSPS) is 25.3. The van der Waals surface area contributed by atoms with Gasteiger partial charge in [-0.05, 0) is 68.6 Å². The lowest BCUT2D eigenvalue weighted by Crippen LogP contribution is -2.39. The Hall–Kier alpha value is -0.670. The molecule has 0 aliphatic heterocycles. The highest BCUT2D eigenvalue weighted by atomic mass is 16.5. The fourth-order valence-electron chi connectivity index (χ4n) is 5.26. The highest BCUT2D eigenvalue weighted by Crippen LogP contribution is 2.46. The van der Waals surface area contributed by atoms with Gasteiger partial charge in [0.25, 0.3) is 0 Å². The third-order valence-electron chi connectivity index (χ3n) is 7.27. The number of ether oxygens (including phenoxy) is 2. The summed E-state index contributed by atoms with van der Waals surface area (Å²) in [6.07, 6.45) is 17.5. The second-order valence-electron chi connectivity index (χ2n) is 9.28. The van der Waals surface area contributed by atoms with Crippen molar-refractivity contribution < 1.29 is 14.3 Å². The van der Waals surface area contributed by atoms with Crippen molar-refractivity contribution in [3.8, 4) is 0 Å². The molecule has 2 fully saturated rings.